The van der Waals surface area contributed by atoms with Gasteiger partial charge in [0.05, 0.1) is 18.8 Å². The molecule has 2 N–H and O–H groups in total. The number of halogens is 1. The molecule has 0 aliphatic carbocycles. The van der Waals surface area contributed by atoms with E-state index in [0.29, 0.717) is 24.4 Å². The first-order valence-electron chi connectivity index (χ1n) is 9.10. The van der Waals surface area contributed by atoms with Gasteiger partial charge in [-0.3, -0.25) is 4.79 Å². The van der Waals surface area contributed by atoms with Gasteiger partial charge in [-0.25, -0.2) is 9.18 Å². The zero-order chi connectivity index (χ0) is 20.3. The maximum Gasteiger partial charge on any atom is 0.513 e. The second-order valence-corrected chi connectivity index (χ2v) is 6.80. The van der Waals surface area contributed by atoms with Crippen LogP contribution in [0.25, 0.3) is 0 Å². The van der Waals surface area contributed by atoms with Crippen molar-refractivity contribution >= 4 is 17.7 Å². The van der Waals surface area contributed by atoms with E-state index in [9.17, 15) is 14.0 Å². The molecule has 0 fully saturated rings. The number of anilines is 1. The summed E-state index contributed by atoms with van der Waals surface area (Å²) in [5.41, 5.74) is 9.02. The second kappa shape index (κ2) is 8.39. The number of ether oxygens (including phenoxy) is 2. The molecule has 1 amide bonds. The summed E-state index contributed by atoms with van der Waals surface area (Å²) in [7, 11) is 1.23. The number of nitrogens with two attached hydrogens (primary N) is 1. The van der Waals surface area contributed by atoms with Crippen molar-refractivity contribution in [3.8, 4) is 5.75 Å². The number of hydrogen-bond donors (Lipinski definition) is 1. The molecule has 2 aromatic carbocycles. The van der Waals surface area contributed by atoms with Crippen molar-refractivity contribution in [2.24, 2.45) is 5.73 Å². The second-order valence-electron chi connectivity index (χ2n) is 6.80. The fraction of sp³-hybridized carbons (Fsp3) is 0.333. The number of fused-ring (bicyclic) bond motifs is 1. The van der Waals surface area contributed by atoms with E-state index in [4.69, 9.17) is 10.5 Å². The average molecular weight is 386 g/mol. The van der Waals surface area contributed by atoms with Crippen LogP contribution in [0.15, 0.2) is 36.4 Å². The van der Waals surface area contributed by atoms with Crippen LogP contribution in [0.1, 0.15) is 23.1 Å². The Balaban J connectivity index is 1.75. The molecule has 0 saturated heterocycles. The lowest BCUT2D eigenvalue weighted by molar-refractivity contribution is -0.119. The molecule has 0 unspecified atom stereocenters. The zero-order valence-corrected chi connectivity index (χ0v) is 15.9. The molecule has 0 aromatic heterocycles. The van der Waals surface area contributed by atoms with Crippen molar-refractivity contribution in [2.75, 3.05) is 18.6 Å². The Morgan fingerprint density at radius 2 is 2.07 bits per heavy atom. The SMILES string of the molecule is COC(=O)Oc1ccc(C[C@@H](N)C(=O)N2CCCc3cccc(F)c32)c(C)c1. The maximum absolute atomic E-state index is 14.3. The van der Waals surface area contributed by atoms with Gasteiger partial charge in [0.15, 0.2) is 0 Å². The van der Waals surface area contributed by atoms with Crippen molar-refractivity contribution in [3.05, 3.63) is 58.9 Å². The van der Waals surface area contributed by atoms with Crippen LogP contribution < -0.4 is 15.4 Å². The van der Waals surface area contributed by atoms with Crippen molar-refractivity contribution in [3.63, 3.8) is 0 Å². The Labute approximate surface area is 163 Å². The van der Waals surface area contributed by atoms with Crippen molar-refractivity contribution in [1.82, 2.24) is 0 Å². The van der Waals surface area contributed by atoms with Crippen LogP contribution >= 0.6 is 0 Å². The topological polar surface area (TPSA) is 81.9 Å². The van der Waals surface area contributed by atoms with Gasteiger partial charge in [-0.15, -0.1) is 0 Å². The predicted octanol–water partition coefficient (Wildman–Crippen LogP) is 3.13. The zero-order valence-electron chi connectivity index (χ0n) is 15.9. The number of carbonyl (C=O) groups is 2. The lowest BCUT2D eigenvalue weighted by Crippen LogP contribution is -2.47. The number of hydrogen-bond acceptors (Lipinski definition) is 5. The molecule has 0 spiro atoms. The van der Waals surface area contributed by atoms with Crippen LogP contribution in [0.3, 0.4) is 0 Å². The number of para-hydroxylation sites is 1. The van der Waals surface area contributed by atoms with Gasteiger partial charge < -0.3 is 20.1 Å². The molecule has 3 rings (SSSR count). The van der Waals surface area contributed by atoms with E-state index in [1.54, 1.807) is 24.3 Å². The molecule has 1 aliphatic heterocycles. The predicted molar refractivity (Wildman–Crippen MR) is 103 cm³/mol. The molecule has 7 heteroatoms. The highest BCUT2D eigenvalue weighted by atomic mass is 19.1. The smallest absolute Gasteiger partial charge is 0.437 e. The highest BCUT2D eigenvalue weighted by molar-refractivity contribution is 5.98. The lowest BCUT2D eigenvalue weighted by Gasteiger charge is -2.31. The number of methoxy groups -OCH3 is 1. The monoisotopic (exact) mass is 386 g/mol. The van der Waals surface area contributed by atoms with E-state index in [1.807, 2.05) is 13.0 Å². The molecular formula is C21H23FN2O4. The van der Waals surface area contributed by atoms with Crippen LogP contribution in [0.5, 0.6) is 5.75 Å². The quantitative estimate of drug-likeness (QED) is 0.645. The molecule has 1 aliphatic rings. The van der Waals surface area contributed by atoms with Gasteiger partial charge in [-0.05, 0) is 61.1 Å². The third-order valence-corrected chi connectivity index (χ3v) is 4.87. The third kappa shape index (κ3) is 4.14. The Bertz CT molecular complexity index is 900. The van der Waals surface area contributed by atoms with E-state index in [-0.39, 0.29) is 5.91 Å². The summed E-state index contributed by atoms with van der Waals surface area (Å²) in [5.74, 6) is -0.362. The average Bonchev–Trinajstić information content (AvgIpc) is 2.69. The molecule has 6 nitrogen and oxygen atoms in total. The van der Waals surface area contributed by atoms with Gasteiger partial charge in [-0.2, -0.15) is 0 Å². The minimum absolute atomic E-state index is 0.295. The first kappa shape index (κ1) is 19.8. The van der Waals surface area contributed by atoms with Crippen molar-refractivity contribution in [1.29, 1.82) is 0 Å². The molecule has 28 heavy (non-hydrogen) atoms. The van der Waals surface area contributed by atoms with Crippen LogP contribution in [-0.2, 0) is 22.4 Å². The number of aryl methyl sites for hydroxylation is 2. The molecule has 1 atom stereocenters. The van der Waals surface area contributed by atoms with Gasteiger partial charge in [-0.1, -0.05) is 18.2 Å². The Kier molecular flexibility index (Phi) is 5.94. The van der Waals surface area contributed by atoms with Gasteiger partial charge in [0, 0.05) is 6.54 Å². The largest absolute Gasteiger partial charge is 0.513 e. The summed E-state index contributed by atoms with van der Waals surface area (Å²) in [6.07, 6.45) is 1.01. The first-order valence-corrected chi connectivity index (χ1v) is 9.10. The minimum Gasteiger partial charge on any atom is -0.437 e. The number of amides is 1. The molecule has 0 radical (unpaired) electrons. The van der Waals surface area contributed by atoms with Gasteiger partial charge in [0.2, 0.25) is 5.91 Å². The van der Waals surface area contributed by atoms with Crippen molar-refractivity contribution in [2.45, 2.75) is 32.2 Å². The Morgan fingerprint density at radius 3 is 2.79 bits per heavy atom. The van der Waals surface area contributed by atoms with E-state index < -0.39 is 18.0 Å². The van der Waals surface area contributed by atoms with Gasteiger partial charge >= 0.3 is 6.16 Å². The molecule has 148 valence electrons. The Hall–Kier alpha value is -2.93. The molecule has 0 saturated carbocycles. The van der Waals surface area contributed by atoms with E-state index in [2.05, 4.69) is 4.74 Å². The fourth-order valence-corrected chi connectivity index (χ4v) is 3.45. The summed E-state index contributed by atoms with van der Waals surface area (Å²) < 4.78 is 23.8. The highest BCUT2D eigenvalue weighted by Gasteiger charge is 2.29. The molecule has 0 bridgehead atoms. The molecule has 2 aromatic rings. The maximum atomic E-state index is 14.3. The normalized spacial score (nSPS) is 14.2. The number of carbonyl (C=O) groups excluding carboxylic acids is 2. The first-order chi connectivity index (χ1) is 13.4. The third-order valence-electron chi connectivity index (χ3n) is 4.87. The van der Waals surface area contributed by atoms with Crippen LogP contribution in [0.2, 0.25) is 0 Å². The number of rotatable bonds is 4. The van der Waals surface area contributed by atoms with E-state index >= 15 is 0 Å². The summed E-state index contributed by atoms with van der Waals surface area (Å²) in [4.78, 5) is 25.6. The lowest BCUT2D eigenvalue weighted by atomic mass is 9.97. The Morgan fingerprint density at radius 1 is 1.29 bits per heavy atom. The van der Waals surface area contributed by atoms with Gasteiger partial charge in [0.25, 0.3) is 0 Å². The fourth-order valence-electron chi connectivity index (χ4n) is 3.45. The van der Waals surface area contributed by atoms with Gasteiger partial charge in [0.1, 0.15) is 11.6 Å². The highest BCUT2D eigenvalue weighted by Crippen LogP contribution is 2.30. The molecular weight excluding hydrogens is 363 g/mol. The summed E-state index contributed by atoms with van der Waals surface area (Å²) in [6, 6.07) is 9.10. The van der Waals surface area contributed by atoms with Crippen LogP contribution in [-0.4, -0.2) is 31.8 Å². The number of nitrogens with zero attached hydrogens (tertiary/aromatic N) is 1. The van der Waals surface area contributed by atoms with E-state index in [0.717, 1.165) is 29.5 Å². The van der Waals surface area contributed by atoms with Crippen LogP contribution in [0, 0.1) is 12.7 Å². The summed E-state index contributed by atoms with van der Waals surface area (Å²) in [5, 5.41) is 0. The number of benzene rings is 2. The van der Waals surface area contributed by atoms with Crippen LogP contribution in [0.4, 0.5) is 14.9 Å². The van der Waals surface area contributed by atoms with Crippen molar-refractivity contribution < 1.29 is 23.5 Å². The van der Waals surface area contributed by atoms with E-state index in [1.165, 1.54) is 18.1 Å². The summed E-state index contributed by atoms with van der Waals surface area (Å²) in [6.45, 7) is 2.29. The minimum atomic E-state index is -0.809. The molecule has 1 heterocycles. The summed E-state index contributed by atoms with van der Waals surface area (Å²) >= 11 is 0. The standard InChI is InChI=1S/C21H23FN2O4/c1-13-11-16(28-21(26)27-2)9-8-15(13)12-18(23)20(25)24-10-4-6-14-5-3-7-17(22)19(14)24/h3,5,7-9,11,18H,4,6,10,12,23H2,1-2H3/t18-/m1/s1.